The highest BCUT2D eigenvalue weighted by Crippen LogP contribution is 2.21. The lowest BCUT2D eigenvalue weighted by molar-refractivity contribution is 0.196. The molecule has 0 aromatic heterocycles. The molecule has 0 unspecified atom stereocenters. The average Bonchev–Trinajstić information content (AvgIpc) is 2.42. The van der Waals surface area contributed by atoms with Gasteiger partial charge in [0.25, 0.3) is 0 Å². The van der Waals surface area contributed by atoms with Gasteiger partial charge in [0.05, 0.1) is 17.6 Å². The van der Waals surface area contributed by atoms with Crippen molar-refractivity contribution in [3.05, 3.63) is 23.8 Å². The fraction of sp³-hybridized carbons (Fsp3) is 0.417. The van der Waals surface area contributed by atoms with Crippen molar-refractivity contribution in [2.24, 2.45) is 0 Å². The lowest BCUT2D eigenvalue weighted by atomic mass is 10.2. The van der Waals surface area contributed by atoms with Crippen molar-refractivity contribution in [3.8, 4) is 11.8 Å². The number of benzene rings is 1. The molecule has 0 saturated carbocycles. The highest BCUT2D eigenvalue weighted by molar-refractivity contribution is 7.89. The molecule has 0 amide bonds. The number of nitriles is 1. The van der Waals surface area contributed by atoms with Crippen LogP contribution in [0.1, 0.15) is 12.0 Å². The van der Waals surface area contributed by atoms with Gasteiger partial charge in [0.2, 0.25) is 10.0 Å². The van der Waals surface area contributed by atoms with E-state index in [4.69, 9.17) is 14.7 Å². The zero-order chi connectivity index (χ0) is 14.3. The molecule has 1 rings (SSSR count). The van der Waals surface area contributed by atoms with Crippen LogP contribution in [-0.2, 0) is 14.8 Å². The molecule has 0 aliphatic heterocycles. The molecule has 0 saturated heterocycles. The van der Waals surface area contributed by atoms with Gasteiger partial charge in [-0.3, -0.25) is 0 Å². The maximum atomic E-state index is 12.0. The molecule has 0 radical (unpaired) electrons. The largest absolute Gasteiger partial charge is 0.495 e. The molecule has 0 aliphatic rings. The van der Waals surface area contributed by atoms with Crippen LogP contribution in [0.3, 0.4) is 0 Å². The first kappa shape index (κ1) is 15.4. The lowest BCUT2D eigenvalue weighted by Gasteiger charge is -2.08. The number of nitrogens with one attached hydrogen (secondary N) is 1. The van der Waals surface area contributed by atoms with Crippen LogP contribution in [0.4, 0.5) is 0 Å². The zero-order valence-corrected chi connectivity index (χ0v) is 11.7. The van der Waals surface area contributed by atoms with Crippen molar-refractivity contribution in [3.63, 3.8) is 0 Å². The molecule has 7 heteroatoms. The molecule has 6 nitrogen and oxygen atoms in total. The second-order valence-corrected chi connectivity index (χ2v) is 5.48. The Morgan fingerprint density at radius 2 is 2.11 bits per heavy atom. The quantitative estimate of drug-likeness (QED) is 0.751. The van der Waals surface area contributed by atoms with E-state index in [1.165, 1.54) is 25.3 Å². The van der Waals surface area contributed by atoms with Crippen molar-refractivity contribution < 1.29 is 17.9 Å². The van der Waals surface area contributed by atoms with Crippen LogP contribution in [0.5, 0.6) is 5.75 Å². The van der Waals surface area contributed by atoms with Gasteiger partial charge in [-0.05, 0) is 24.6 Å². The number of rotatable bonds is 7. The van der Waals surface area contributed by atoms with Gasteiger partial charge < -0.3 is 9.47 Å². The molecule has 19 heavy (non-hydrogen) atoms. The van der Waals surface area contributed by atoms with Crippen LogP contribution in [0.25, 0.3) is 0 Å². The number of sulfonamides is 1. The van der Waals surface area contributed by atoms with Crippen LogP contribution >= 0.6 is 0 Å². The van der Waals surface area contributed by atoms with Crippen molar-refractivity contribution in [2.45, 2.75) is 11.3 Å². The molecular weight excluding hydrogens is 268 g/mol. The van der Waals surface area contributed by atoms with E-state index < -0.39 is 10.0 Å². The van der Waals surface area contributed by atoms with Crippen molar-refractivity contribution >= 4 is 10.0 Å². The molecule has 0 heterocycles. The fourth-order valence-electron chi connectivity index (χ4n) is 1.45. The number of hydrogen-bond donors (Lipinski definition) is 1. The maximum absolute atomic E-state index is 12.0. The highest BCUT2D eigenvalue weighted by atomic mass is 32.2. The third kappa shape index (κ3) is 4.21. The zero-order valence-electron chi connectivity index (χ0n) is 10.8. The van der Waals surface area contributed by atoms with Crippen LogP contribution in [-0.4, -0.2) is 35.8 Å². The Hall–Kier alpha value is -1.62. The smallest absolute Gasteiger partial charge is 0.240 e. The van der Waals surface area contributed by atoms with Gasteiger partial charge in [0.15, 0.2) is 0 Å². The van der Waals surface area contributed by atoms with Crippen molar-refractivity contribution in [1.82, 2.24) is 4.72 Å². The Morgan fingerprint density at radius 1 is 1.37 bits per heavy atom. The third-order valence-corrected chi connectivity index (χ3v) is 3.88. The molecule has 0 atom stereocenters. The Labute approximate surface area is 113 Å². The lowest BCUT2D eigenvalue weighted by Crippen LogP contribution is -2.25. The molecule has 0 fully saturated rings. The second-order valence-electron chi connectivity index (χ2n) is 3.72. The standard InChI is InChI=1S/C12H16N2O4S/c1-17-7-3-6-14-19(15,16)11-4-5-12(18-2)10(8-11)9-13/h4-5,8,14H,3,6-7H2,1-2H3. The summed E-state index contributed by atoms with van der Waals surface area (Å²) < 4.78 is 36.2. The topological polar surface area (TPSA) is 88.4 Å². The minimum atomic E-state index is -3.61. The van der Waals surface area contributed by atoms with Crippen LogP contribution in [0.2, 0.25) is 0 Å². The van der Waals surface area contributed by atoms with E-state index in [2.05, 4.69) is 4.72 Å². The summed E-state index contributed by atoms with van der Waals surface area (Å²) in [6, 6.07) is 6.05. The van der Waals surface area contributed by atoms with Gasteiger partial charge >= 0.3 is 0 Å². The Bertz CT molecular complexity index is 564. The predicted molar refractivity (Wildman–Crippen MR) is 69.4 cm³/mol. The number of hydrogen-bond acceptors (Lipinski definition) is 5. The minimum Gasteiger partial charge on any atom is -0.495 e. The Morgan fingerprint density at radius 3 is 2.68 bits per heavy atom. The van der Waals surface area contributed by atoms with Gasteiger partial charge in [-0.2, -0.15) is 5.26 Å². The predicted octanol–water partition coefficient (Wildman–Crippen LogP) is 0.882. The summed E-state index contributed by atoms with van der Waals surface area (Å²) in [4.78, 5) is 0.0438. The van der Waals surface area contributed by atoms with E-state index in [1.807, 2.05) is 6.07 Å². The van der Waals surface area contributed by atoms with E-state index in [-0.39, 0.29) is 17.0 Å². The van der Waals surface area contributed by atoms with E-state index in [0.717, 1.165) is 0 Å². The van der Waals surface area contributed by atoms with Gasteiger partial charge in [0.1, 0.15) is 11.8 Å². The van der Waals surface area contributed by atoms with Gasteiger partial charge in [-0.25, -0.2) is 13.1 Å². The van der Waals surface area contributed by atoms with Gasteiger partial charge in [-0.15, -0.1) is 0 Å². The van der Waals surface area contributed by atoms with E-state index in [1.54, 1.807) is 7.11 Å². The first-order valence-electron chi connectivity index (χ1n) is 5.62. The number of ether oxygens (including phenoxy) is 2. The third-order valence-electron chi connectivity index (χ3n) is 2.42. The molecule has 0 aliphatic carbocycles. The minimum absolute atomic E-state index is 0.0438. The van der Waals surface area contributed by atoms with E-state index >= 15 is 0 Å². The normalized spacial score (nSPS) is 11.0. The van der Waals surface area contributed by atoms with Crippen LogP contribution in [0.15, 0.2) is 23.1 Å². The Balaban J connectivity index is 2.87. The van der Waals surface area contributed by atoms with Crippen molar-refractivity contribution in [2.75, 3.05) is 27.4 Å². The molecule has 1 aromatic carbocycles. The molecule has 104 valence electrons. The average molecular weight is 284 g/mol. The van der Waals surface area contributed by atoms with Crippen LogP contribution in [0, 0.1) is 11.3 Å². The molecule has 1 aromatic rings. The SMILES string of the molecule is COCCCNS(=O)(=O)c1ccc(OC)c(C#N)c1. The summed E-state index contributed by atoms with van der Waals surface area (Å²) in [6.07, 6.45) is 0.580. The molecule has 0 bridgehead atoms. The molecular formula is C12H16N2O4S. The second kappa shape index (κ2) is 7.09. The van der Waals surface area contributed by atoms with E-state index in [9.17, 15) is 8.42 Å². The first-order chi connectivity index (χ1) is 9.05. The first-order valence-corrected chi connectivity index (χ1v) is 7.10. The van der Waals surface area contributed by atoms with Crippen molar-refractivity contribution in [1.29, 1.82) is 5.26 Å². The summed E-state index contributed by atoms with van der Waals surface area (Å²) in [5.41, 5.74) is 0.183. The Kier molecular flexibility index (Phi) is 5.76. The van der Waals surface area contributed by atoms with E-state index in [0.29, 0.717) is 18.8 Å². The summed E-state index contributed by atoms with van der Waals surface area (Å²) in [5, 5.41) is 8.92. The fourth-order valence-corrected chi connectivity index (χ4v) is 2.55. The summed E-state index contributed by atoms with van der Waals surface area (Å²) in [6.45, 7) is 0.763. The summed E-state index contributed by atoms with van der Waals surface area (Å²) >= 11 is 0. The molecule has 1 N–H and O–H groups in total. The van der Waals surface area contributed by atoms with Gasteiger partial charge in [-0.1, -0.05) is 0 Å². The highest BCUT2D eigenvalue weighted by Gasteiger charge is 2.15. The summed E-state index contributed by atoms with van der Waals surface area (Å²) in [7, 11) is -0.634. The molecule has 0 spiro atoms. The summed E-state index contributed by atoms with van der Waals surface area (Å²) in [5.74, 6) is 0.348. The number of methoxy groups -OCH3 is 2. The van der Waals surface area contributed by atoms with Gasteiger partial charge in [0, 0.05) is 20.3 Å². The maximum Gasteiger partial charge on any atom is 0.240 e. The monoisotopic (exact) mass is 284 g/mol. The van der Waals surface area contributed by atoms with Crippen LogP contribution < -0.4 is 9.46 Å². The number of nitrogens with zero attached hydrogens (tertiary/aromatic N) is 1.